The summed E-state index contributed by atoms with van der Waals surface area (Å²) in [5, 5.41) is 18.2. The van der Waals surface area contributed by atoms with E-state index < -0.39 is 23.0 Å². The number of rotatable bonds is 5. The van der Waals surface area contributed by atoms with Crippen molar-refractivity contribution in [2.75, 3.05) is 13.1 Å². The summed E-state index contributed by atoms with van der Waals surface area (Å²) >= 11 is 0. The molecule has 3 aliphatic heterocycles. The summed E-state index contributed by atoms with van der Waals surface area (Å²) in [4.78, 5) is 45.0. The van der Waals surface area contributed by atoms with Crippen LogP contribution in [-0.2, 0) is 28.3 Å². The van der Waals surface area contributed by atoms with E-state index in [1.54, 1.807) is 6.07 Å². The first-order valence-corrected chi connectivity index (χ1v) is 13.2. The van der Waals surface area contributed by atoms with Gasteiger partial charge in [0.15, 0.2) is 0 Å². The predicted molar refractivity (Wildman–Crippen MR) is 140 cm³/mol. The predicted octanol–water partition coefficient (Wildman–Crippen LogP) is 2.62. The lowest BCUT2D eigenvalue weighted by Gasteiger charge is -2.50. The number of benzene rings is 2. The molecule has 4 heterocycles. The molecule has 2 fully saturated rings. The van der Waals surface area contributed by atoms with Gasteiger partial charge in [-0.3, -0.25) is 24.6 Å². The Labute approximate surface area is 226 Å². The molecule has 2 atom stereocenters. The first-order valence-electron chi connectivity index (χ1n) is 13.2. The van der Waals surface area contributed by atoms with Gasteiger partial charge >= 0.3 is 0 Å². The van der Waals surface area contributed by atoms with E-state index in [9.17, 15) is 19.5 Å². The highest BCUT2D eigenvalue weighted by Crippen LogP contribution is 2.47. The lowest BCUT2D eigenvalue weighted by atomic mass is 9.66. The molecular weight excluding hydrogens is 498 g/mol. The van der Waals surface area contributed by atoms with E-state index in [2.05, 4.69) is 46.3 Å². The lowest BCUT2D eigenvalue weighted by Crippen LogP contribution is -2.55. The van der Waals surface area contributed by atoms with Gasteiger partial charge in [-0.1, -0.05) is 55.4 Å². The van der Waals surface area contributed by atoms with Crippen molar-refractivity contribution in [1.29, 1.82) is 0 Å². The number of aliphatic hydroxyl groups is 1. The number of carbonyl (C=O) groups is 3. The second-order valence-electron chi connectivity index (χ2n) is 11.4. The number of amides is 3. The highest BCUT2D eigenvalue weighted by atomic mass is 16.5. The molecule has 3 aromatic rings. The molecule has 0 spiro atoms. The van der Waals surface area contributed by atoms with E-state index in [4.69, 9.17) is 4.52 Å². The minimum Gasteiger partial charge on any atom is -0.385 e. The van der Waals surface area contributed by atoms with Gasteiger partial charge in [-0.2, -0.15) is 4.98 Å². The van der Waals surface area contributed by atoms with Crippen molar-refractivity contribution in [2.24, 2.45) is 5.41 Å². The highest BCUT2D eigenvalue weighted by Gasteiger charge is 2.49. The van der Waals surface area contributed by atoms with E-state index in [0.717, 1.165) is 28.8 Å². The van der Waals surface area contributed by atoms with Gasteiger partial charge in [-0.25, -0.2) is 0 Å². The first kappa shape index (κ1) is 25.4. The zero-order valence-corrected chi connectivity index (χ0v) is 22.0. The number of fused-ring (bicyclic) bond motifs is 1. The third-order valence-corrected chi connectivity index (χ3v) is 8.51. The maximum absolute atomic E-state index is 13.1. The van der Waals surface area contributed by atoms with Crippen molar-refractivity contribution in [3.05, 3.63) is 71.1 Å². The molecule has 39 heavy (non-hydrogen) atoms. The topological polar surface area (TPSA) is 129 Å². The van der Waals surface area contributed by atoms with Crippen molar-refractivity contribution < 1.29 is 24.0 Å². The third-order valence-electron chi connectivity index (χ3n) is 8.51. The Kier molecular flexibility index (Phi) is 6.11. The summed E-state index contributed by atoms with van der Waals surface area (Å²) in [6, 6.07) is 13.0. The van der Waals surface area contributed by atoms with Crippen LogP contribution >= 0.6 is 0 Å². The van der Waals surface area contributed by atoms with Crippen LogP contribution in [0, 0.1) is 5.41 Å². The number of likely N-dealkylation sites (tertiary alicyclic amines) is 1. The van der Waals surface area contributed by atoms with Crippen LogP contribution < -0.4 is 5.32 Å². The van der Waals surface area contributed by atoms with Crippen molar-refractivity contribution in [3.8, 4) is 11.4 Å². The second-order valence-corrected chi connectivity index (χ2v) is 11.4. The number of imide groups is 1. The molecule has 0 aliphatic carbocycles. The van der Waals surface area contributed by atoms with Crippen LogP contribution in [0.5, 0.6) is 0 Å². The molecule has 202 valence electrons. The summed E-state index contributed by atoms with van der Waals surface area (Å²) < 4.78 is 4.83. The number of hydrogen-bond donors (Lipinski definition) is 2. The Morgan fingerprint density at radius 2 is 1.92 bits per heavy atom. The summed E-state index contributed by atoms with van der Waals surface area (Å²) in [6.45, 7) is 6.60. The van der Waals surface area contributed by atoms with E-state index in [1.807, 2.05) is 24.3 Å². The molecule has 1 aromatic heterocycles. The number of aromatic nitrogens is 2. The van der Waals surface area contributed by atoms with Gasteiger partial charge in [-0.05, 0) is 35.6 Å². The Bertz CT molecular complexity index is 1430. The Morgan fingerprint density at radius 3 is 2.62 bits per heavy atom. The van der Waals surface area contributed by atoms with Gasteiger partial charge < -0.3 is 14.5 Å². The highest BCUT2D eigenvalue weighted by molar-refractivity contribution is 6.05. The molecule has 2 N–H and O–H groups in total. The zero-order chi connectivity index (χ0) is 27.4. The fourth-order valence-electron chi connectivity index (χ4n) is 6.24. The summed E-state index contributed by atoms with van der Waals surface area (Å²) in [7, 11) is 0. The van der Waals surface area contributed by atoms with Crippen LogP contribution in [0.15, 0.2) is 53.4 Å². The second kappa shape index (κ2) is 9.39. The minimum atomic E-state index is -1.08. The molecular formula is C29H31N5O5. The summed E-state index contributed by atoms with van der Waals surface area (Å²) in [5.74, 6) is -0.386. The lowest BCUT2D eigenvalue weighted by molar-refractivity contribution is -0.136. The quantitative estimate of drug-likeness (QED) is 0.483. The van der Waals surface area contributed by atoms with E-state index in [0.29, 0.717) is 37.3 Å². The molecule has 10 nitrogen and oxygen atoms in total. The number of nitrogens with one attached hydrogen (secondary N) is 1. The average molecular weight is 530 g/mol. The first-order chi connectivity index (χ1) is 18.6. The van der Waals surface area contributed by atoms with Crippen LogP contribution in [0.4, 0.5) is 0 Å². The Hall–Kier alpha value is -3.89. The van der Waals surface area contributed by atoms with Crippen LogP contribution in [-0.4, -0.2) is 61.9 Å². The van der Waals surface area contributed by atoms with Gasteiger partial charge in [0.05, 0.1) is 5.60 Å². The van der Waals surface area contributed by atoms with Crippen molar-refractivity contribution in [2.45, 2.75) is 57.8 Å². The normalized spacial score (nSPS) is 25.1. The largest absolute Gasteiger partial charge is 0.385 e. The maximum atomic E-state index is 13.1. The fourth-order valence-corrected chi connectivity index (χ4v) is 6.24. The van der Waals surface area contributed by atoms with Gasteiger partial charge in [-0.15, -0.1) is 0 Å². The van der Waals surface area contributed by atoms with Crippen LogP contribution in [0.25, 0.3) is 11.4 Å². The van der Waals surface area contributed by atoms with Crippen molar-refractivity contribution in [1.82, 2.24) is 25.3 Å². The number of piperidine rings is 2. The van der Waals surface area contributed by atoms with Gasteiger partial charge in [0.1, 0.15) is 6.04 Å². The minimum absolute atomic E-state index is 0.211. The molecule has 2 aromatic carbocycles. The number of carbonyl (C=O) groups excluding carboxylic acids is 3. The zero-order valence-electron chi connectivity index (χ0n) is 22.0. The van der Waals surface area contributed by atoms with E-state index >= 15 is 0 Å². The van der Waals surface area contributed by atoms with Crippen LogP contribution in [0.2, 0.25) is 0 Å². The fraction of sp³-hybridized carbons (Fsp3) is 0.414. The molecule has 2 saturated heterocycles. The van der Waals surface area contributed by atoms with Crippen molar-refractivity contribution in [3.63, 3.8) is 0 Å². The molecule has 3 amide bonds. The standard InChI is InChI=1S/C29H31N5O5/c1-28(2)16-33(14-18-3-5-19(6-4-18)25-30-17-39-32-25)12-11-29(28,38)21-7-8-22-20(13-21)15-34(27(22)37)23-9-10-24(35)31-26(23)36/h3-8,13,17,23,38H,9-12,14-16H2,1-2H3,(H,31,35,36)/t23?,29-/m0/s1. The molecule has 0 bridgehead atoms. The monoisotopic (exact) mass is 529 g/mol. The number of hydrogen-bond acceptors (Lipinski definition) is 8. The van der Waals surface area contributed by atoms with E-state index in [1.165, 1.54) is 11.3 Å². The molecule has 10 heteroatoms. The Morgan fingerprint density at radius 1 is 1.13 bits per heavy atom. The SMILES string of the molecule is CC1(C)CN(Cc2ccc(-c3ncon3)cc2)CC[C@]1(O)c1ccc2c(c1)CN(C1CCC(=O)NC1=O)C2=O. The third kappa shape index (κ3) is 4.43. The smallest absolute Gasteiger partial charge is 0.255 e. The molecule has 1 unspecified atom stereocenters. The molecule has 6 rings (SSSR count). The van der Waals surface area contributed by atoms with Crippen LogP contribution in [0.3, 0.4) is 0 Å². The molecule has 3 aliphatic rings. The average Bonchev–Trinajstić information content (AvgIpc) is 3.55. The maximum Gasteiger partial charge on any atom is 0.255 e. The summed E-state index contributed by atoms with van der Waals surface area (Å²) in [5.41, 5.74) is 2.65. The van der Waals surface area contributed by atoms with Crippen LogP contribution in [0.1, 0.15) is 60.2 Å². The number of nitrogens with zero attached hydrogens (tertiary/aromatic N) is 4. The van der Waals surface area contributed by atoms with Gasteiger partial charge in [0.25, 0.3) is 5.91 Å². The Balaban J connectivity index is 1.16. The van der Waals surface area contributed by atoms with E-state index in [-0.39, 0.29) is 24.8 Å². The van der Waals surface area contributed by atoms with Gasteiger partial charge in [0, 0.05) is 49.1 Å². The van der Waals surface area contributed by atoms with Gasteiger partial charge in [0.2, 0.25) is 24.0 Å². The van der Waals surface area contributed by atoms with Crippen molar-refractivity contribution >= 4 is 17.7 Å². The molecule has 0 saturated carbocycles. The summed E-state index contributed by atoms with van der Waals surface area (Å²) in [6.07, 6.45) is 2.40. The molecule has 0 radical (unpaired) electrons.